The lowest BCUT2D eigenvalue weighted by molar-refractivity contribution is 0.363. The van der Waals surface area contributed by atoms with Crippen molar-refractivity contribution in [3.05, 3.63) is 66.7 Å². The highest BCUT2D eigenvalue weighted by Crippen LogP contribution is 2.19. The van der Waals surface area contributed by atoms with E-state index in [1.165, 1.54) is 12.1 Å². The monoisotopic (exact) mass is 303 g/mol. The van der Waals surface area contributed by atoms with E-state index < -0.39 is 10.0 Å². The minimum atomic E-state index is -3.59. The first-order valence-corrected chi connectivity index (χ1v) is 7.93. The minimum Gasteiger partial charge on any atom is -0.490 e. The zero-order chi connectivity index (χ0) is 15.3. The predicted molar refractivity (Wildman–Crippen MR) is 84.1 cm³/mol. The average Bonchev–Trinajstić information content (AvgIpc) is 2.48. The van der Waals surface area contributed by atoms with Gasteiger partial charge in [0.1, 0.15) is 12.4 Å². The fourth-order valence-corrected chi connectivity index (χ4v) is 2.76. The Kier molecular flexibility index (Phi) is 4.65. The van der Waals surface area contributed by atoms with Gasteiger partial charge in [0, 0.05) is 5.69 Å². The van der Waals surface area contributed by atoms with Crippen molar-refractivity contribution in [1.82, 2.24) is 0 Å². The average molecular weight is 303 g/mol. The normalized spacial score (nSPS) is 10.9. The third-order valence-corrected chi connectivity index (χ3v) is 4.20. The van der Waals surface area contributed by atoms with Gasteiger partial charge < -0.3 is 4.74 Å². The molecule has 0 aliphatic heterocycles. The molecule has 0 aliphatic rings. The van der Waals surface area contributed by atoms with E-state index in [2.05, 4.69) is 11.3 Å². The van der Waals surface area contributed by atoms with Crippen LogP contribution in [0.1, 0.15) is 5.56 Å². The summed E-state index contributed by atoms with van der Waals surface area (Å²) >= 11 is 0. The van der Waals surface area contributed by atoms with Crippen molar-refractivity contribution in [2.75, 3.05) is 11.3 Å². The Balaban J connectivity index is 2.15. The van der Waals surface area contributed by atoms with E-state index in [1.54, 1.807) is 30.3 Å². The van der Waals surface area contributed by atoms with Gasteiger partial charge in [0.25, 0.3) is 10.0 Å². The van der Waals surface area contributed by atoms with Gasteiger partial charge in [0.2, 0.25) is 0 Å². The van der Waals surface area contributed by atoms with E-state index in [-0.39, 0.29) is 4.90 Å². The number of rotatable bonds is 6. The highest BCUT2D eigenvalue weighted by atomic mass is 32.2. The van der Waals surface area contributed by atoms with Crippen molar-refractivity contribution < 1.29 is 13.2 Å². The van der Waals surface area contributed by atoms with E-state index in [9.17, 15) is 8.42 Å². The molecule has 0 spiro atoms. The third kappa shape index (κ3) is 4.10. The lowest BCUT2D eigenvalue weighted by atomic mass is 10.2. The van der Waals surface area contributed by atoms with Crippen LogP contribution in [0, 0.1) is 6.92 Å². The summed E-state index contributed by atoms with van der Waals surface area (Å²) in [6.07, 6.45) is 1.63. The number of aryl methyl sites for hydroxylation is 1. The second kappa shape index (κ2) is 6.45. The Bertz CT molecular complexity index is 704. The van der Waals surface area contributed by atoms with Crippen LogP contribution in [0.15, 0.2) is 66.1 Å². The molecule has 0 saturated carbocycles. The SMILES string of the molecule is C=CCOc1ccc(S(=O)(=O)Nc2ccc(C)cc2)cc1. The molecule has 1 N–H and O–H groups in total. The highest BCUT2D eigenvalue weighted by Gasteiger charge is 2.13. The molecule has 21 heavy (non-hydrogen) atoms. The number of ether oxygens (including phenoxy) is 1. The van der Waals surface area contributed by atoms with Gasteiger partial charge in [-0.25, -0.2) is 8.42 Å². The van der Waals surface area contributed by atoms with Gasteiger partial charge in [-0.2, -0.15) is 0 Å². The first kappa shape index (κ1) is 15.1. The number of hydrogen-bond acceptors (Lipinski definition) is 3. The zero-order valence-corrected chi connectivity index (χ0v) is 12.6. The minimum absolute atomic E-state index is 0.189. The first-order chi connectivity index (χ1) is 10.0. The fourth-order valence-electron chi connectivity index (χ4n) is 1.71. The summed E-state index contributed by atoms with van der Waals surface area (Å²) in [5.74, 6) is 0.601. The van der Waals surface area contributed by atoms with Gasteiger partial charge in [-0.3, -0.25) is 4.72 Å². The van der Waals surface area contributed by atoms with E-state index >= 15 is 0 Å². The van der Waals surface area contributed by atoms with Crippen LogP contribution in [0.5, 0.6) is 5.75 Å². The zero-order valence-electron chi connectivity index (χ0n) is 11.7. The molecule has 0 heterocycles. The molecule has 2 aromatic carbocycles. The fraction of sp³-hybridized carbons (Fsp3) is 0.125. The molecule has 2 rings (SSSR count). The van der Waals surface area contributed by atoms with Crippen LogP contribution in [-0.4, -0.2) is 15.0 Å². The molecule has 0 saturated heterocycles. The molecular weight excluding hydrogens is 286 g/mol. The van der Waals surface area contributed by atoms with Crippen molar-refractivity contribution in [2.45, 2.75) is 11.8 Å². The molecule has 0 amide bonds. The molecule has 0 atom stereocenters. The number of benzene rings is 2. The van der Waals surface area contributed by atoms with Crippen LogP contribution in [0.3, 0.4) is 0 Å². The molecule has 110 valence electrons. The van der Waals surface area contributed by atoms with Crippen molar-refractivity contribution in [1.29, 1.82) is 0 Å². The number of anilines is 1. The third-order valence-electron chi connectivity index (χ3n) is 2.81. The molecule has 0 unspecified atom stereocenters. The molecule has 0 bridgehead atoms. The maximum atomic E-state index is 12.2. The summed E-state index contributed by atoms with van der Waals surface area (Å²) < 4.78 is 32.3. The Morgan fingerprint density at radius 1 is 1.10 bits per heavy atom. The molecule has 5 heteroatoms. The summed E-state index contributed by atoms with van der Waals surface area (Å²) in [7, 11) is -3.59. The van der Waals surface area contributed by atoms with Crippen LogP contribution >= 0.6 is 0 Å². The second-order valence-electron chi connectivity index (χ2n) is 4.54. The van der Waals surface area contributed by atoms with Crippen LogP contribution in [0.2, 0.25) is 0 Å². The van der Waals surface area contributed by atoms with Crippen LogP contribution in [0.25, 0.3) is 0 Å². The van der Waals surface area contributed by atoms with Crippen LogP contribution in [0.4, 0.5) is 5.69 Å². The van der Waals surface area contributed by atoms with Crippen molar-refractivity contribution in [3.8, 4) is 5.75 Å². The molecular formula is C16H17NO3S. The molecule has 2 aromatic rings. The topological polar surface area (TPSA) is 55.4 Å². The summed E-state index contributed by atoms with van der Waals surface area (Å²) in [6, 6.07) is 13.4. The second-order valence-corrected chi connectivity index (χ2v) is 6.23. The van der Waals surface area contributed by atoms with Crippen molar-refractivity contribution >= 4 is 15.7 Å². The molecule has 0 radical (unpaired) electrons. The van der Waals surface area contributed by atoms with E-state index in [0.29, 0.717) is 18.0 Å². The highest BCUT2D eigenvalue weighted by molar-refractivity contribution is 7.92. The quantitative estimate of drug-likeness (QED) is 0.833. The van der Waals surface area contributed by atoms with Crippen molar-refractivity contribution in [3.63, 3.8) is 0 Å². The predicted octanol–water partition coefficient (Wildman–Crippen LogP) is 3.36. The molecule has 4 nitrogen and oxygen atoms in total. The van der Waals surface area contributed by atoms with E-state index in [4.69, 9.17) is 4.74 Å². The van der Waals surface area contributed by atoms with Crippen molar-refractivity contribution in [2.24, 2.45) is 0 Å². The maximum absolute atomic E-state index is 12.2. The summed E-state index contributed by atoms with van der Waals surface area (Å²) in [5, 5.41) is 0. The summed E-state index contributed by atoms with van der Waals surface area (Å²) in [4.78, 5) is 0.189. The smallest absolute Gasteiger partial charge is 0.261 e. The van der Waals surface area contributed by atoms with Gasteiger partial charge in [-0.1, -0.05) is 30.4 Å². The first-order valence-electron chi connectivity index (χ1n) is 6.44. The molecule has 0 aromatic heterocycles. The molecule has 0 aliphatic carbocycles. The Morgan fingerprint density at radius 2 is 1.71 bits per heavy atom. The Hall–Kier alpha value is -2.27. The number of hydrogen-bond donors (Lipinski definition) is 1. The summed E-state index contributed by atoms with van der Waals surface area (Å²) in [6.45, 7) is 5.88. The lowest BCUT2D eigenvalue weighted by Crippen LogP contribution is -2.12. The van der Waals surface area contributed by atoms with E-state index in [0.717, 1.165) is 5.56 Å². The van der Waals surface area contributed by atoms with Gasteiger partial charge in [0.15, 0.2) is 0 Å². The van der Waals surface area contributed by atoms with Crippen LogP contribution < -0.4 is 9.46 Å². The summed E-state index contributed by atoms with van der Waals surface area (Å²) in [5.41, 5.74) is 1.61. The largest absolute Gasteiger partial charge is 0.490 e. The van der Waals surface area contributed by atoms with Gasteiger partial charge in [-0.15, -0.1) is 0 Å². The molecule has 0 fully saturated rings. The van der Waals surface area contributed by atoms with Crippen LogP contribution in [-0.2, 0) is 10.0 Å². The number of nitrogens with one attached hydrogen (secondary N) is 1. The Labute approximate surface area is 125 Å². The maximum Gasteiger partial charge on any atom is 0.261 e. The van der Waals surface area contributed by atoms with Gasteiger partial charge >= 0.3 is 0 Å². The Morgan fingerprint density at radius 3 is 2.29 bits per heavy atom. The van der Waals surface area contributed by atoms with Gasteiger partial charge in [-0.05, 0) is 43.3 Å². The van der Waals surface area contributed by atoms with Gasteiger partial charge in [0.05, 0.1) is 4.90 Å². The van der Waals surface area contributed by atoms with E-state index in [1.807, 2.05) is 19.1 Å². The number of sulfonamides is 1. The lowest BCUT2D eigenvalue weighted by Gasteiger charge is -2.09. The standard InChI is InChI=1S/C16H17NO3S/c1-3-12-20-15-8-10-16(11-9-15)21(18,19)17-14-6-4-13(2)5-7-14/h3-11,17H,1,12H2,2H3.